The summed E-state index contributed by atoms with van der Waals surface area (Å²) in [4.78, 5) is 0.398. The number of thiocarbonyl (C=S) groups is 1. The second kappa shape index (κ2) is 7.43. The van der Waals surface area contributed by atoms with Crippen LogP contribution in [0.2, 0.25) is 0 Å². The first-order valence-corrected chi connectivity index (χ1v) is 7.76. The molecule has 0 aromatic heterocycles. The van der Waals surface area contributed by atoms with Gasteiger partial charge < -0.3 is 15.8 Å². The van der Waals surface area contributed by atoms with Gasteiger partial charge in [-0.1, -0.05) is 40.3 Å². The van der Waals surface area contributed by atoms with Crippen LogP contribution >= 0.6 is 28.1 Å². The third-order valence-electron chi connectivity index (χ3n) is 3.14. The molecule has 3 nitrogen and oxygen atoms in total. The molecule has 0 spiro atoms. The number of halogens is 1. The molecule has 0 heterocycles. The van der Waals surface area contributed by atoms with E-state index in [9.17, 15) is 0 Å². The number of rotatable bonds is 6. The van der Waals surface area contributed by atoms with Gasteiger partial charge in [-0.3, -0.25) is 0 Å². The molecular formula is C16H17BrN2OS. The van der Waals surface area contributed by atoms with E-state index in [1.807, 2.05) is 30.3 Å². The zero-order valence-electron chi connectivity index (χ0n) is 11.7. The summed E-state index contributed by atoms with van der Waals surface area (Å²) in [5.41, 5.74) is 8.80. The Morgan fingerprint density at radius 2 is 1.95 bits per heavy atom. The first-order chi connectivity index (χ1) is 10.1. The summed E-state index contributed by atoms with van der Waals surface area (Å²) in [6, 6.07) is 13.9. The van der Waals surface area contributed by atoms with Crippen molar-refractivity contribution in [3.05, 3.63) is 58.1 Å². The fourth-order valence-electron chi connectivity index (χ4n) is 2.01. The van der Waals surface area contributed by atoms with Crippen LogP contribution in [-0.2, 0) is 6.42 Å². The molecule has 0 fully saturated rings. The molecule has 0 bridgehead atoms. The molecule has 0 atom stereocenters. The number of methoxy groups -OCH3 is 1. The predicted octanol–water partition coefficient (Wildman–Crippen LogP) is 3.75. The monoisotopic (exact) mass is 364 g/mol. The lowest BCUT2D eigenvalue weighted by Gasteiger charge is -2.12. The first-order valence-electron chi connectivity index (χ1n) is 6.56. The minimum atomic E-state index is 0.398. The zero-order valence-corrected chi connectivity index (χ0v) is 14.1. The largest absolute Gasteiger partial charge is 0.497 e. The van der Waals surface area contributed by atoms with Crippen LogP contribution in [0.15, 0.2) is 46.9 Å². The maximum absolute atomic E-state index is 5.74. The average Bonchev–Trinajstić information content (AvgIpc) is 2.48. The maximum atomic E-state index is 5.74. The van der Waals surface area contributed by atoms with Crippen molar-refractivity contribution in [1.82, 2.24) is 0 Å². The second-order valence-electron chi connectivity index (χ2n) is 4.58. The van der Waals surface area contributed by atoms with Gasteiger partial charge in [0.2, 0.25) is 0 Å². The molecule has 2 aromatic rings. The Morgan fingerprint density at radius 1 is 1.24 bits per heavy atom. The molecule has 0 aliphatic heterocycles. The molecule has 0 aliphatic carbocycles. The Bertz CT molecular complexity index is 629. The highest BCUT2D eigenvalue weighted by Gasteiger charge is 2.05. The lowest BCUT2D eigenvalue weighted by Crippen LogP contribution is -2.14. The van der Waals surface area contributed by atoms with Gasteiger partial charge in [0, 0.05) is 22.3 Å². The number of anilines is 1. The number of nitrogens with one attached hydrogen (secondary N) is 1. The molecule has 0 amide bonds. The zero-order chi connectivity index (χ0) is 15.2. The van der Waals surface area contributed by atoms with Gasteiger partial charge in [-0.05, 0) is 42.3 Å². The number of hydrogen-bond donors (Lipinski definition) is 2. The van der Waals surface area contributed by atoms with Gasteiger partial charge in [0.25, 0.3) is 0 Å². The van der Waals surface area contributed by atoms with Crippen molar-refractivity contribution in [1.29, 1.82) is 0 Å². The Kier molecular flexibility index (Phi) is 5.59. The van der Waals surface area contributed by atoms with Crippen LogP contribution in [0.4, 0.5) is 5.69 Å². The van der Waals surface area contributed by atoms with Crippen molar-refractivity contribution in [3.63, 3.8) is 0 Å². The minimum Gasteiger partial charge on any atom is -0.497 e. The summed E-state index contributed by atoms with van der Waals surface area (Å²) in [5, 5.41) is 3.38. The van der Waals surface area contributed by atoms with Crippen molar-refractivity contribution in [3.8, 4) is 5.75 Å². The highest BCUT2D eigenvalue weighted by Crippen LogP contribution is 2.21. The number of nitrogens with two attached hydrogens (primary N) is 1. The molecule has 3 N–H and O–H groups in total. The van der Waals surface area contributed by atoms with Crippen molar-refractivity contribution in [2.24, 2.45) is 5.73 Å². The van der Waals surface area contributed by atoms with Crippen LogP contribution in [0.1, 0.15) is 11.1 Å². The van der Waals surface area contributed by atoms with E-state index >= 15 is 0 Å². The van der Waals surface area contributed by atoms with Crippen LogP contribution in [0.3, 0.4) is 0 Å². The second-order valence-corrected chi connectivity index (χ2v) is 5.93. The minimum absolute atomic E-state index is 0.398. The summed E-state index contributed by atoms with van der Waals surface area (Å²) in [6.45, 7) is 0.804. The fourth-order valence-corrected chi connectivity index (χ4v) is 2.55. The van der Waals surface area contributed by atoms with Gasteiger partial charge in [0.15, 0.2) is 0 Å². The topological polar surface area (TPSA) is 47.3 Å². The molecule has 0 saturated carbocycles. The predicted molar refractivity (Wildman–Crippen MR) is 95.2 cm³/mol. The third kappa shape index (κ3) is 4.44. The molecule has 0 aliphatic rings. The molecule has 5 heteroatoms. The average molecular weight is 365 g/mol. The Hall–Kier alpha value is -1.59. The van der Waals surface area contributed by atoms with Gasteiger partial charge in [-0.2, -0.15) is 0 Å². The highest BCUT2D eigenvalue weighted by molar-refractivity contribution is 9.10. The molecule has 110 valence electrons. The van der Waals surface area contributed by atoms with E-state index in [1.165, 1.54) is 5.56 Å². The first kappa shape index (κ1) is 15.8. The molecule has 2 aromatic carbocycles. The van der Waals surface area contributed by atoms with E-state index in [1.54, 1.807) is 7.11 Å². The number of hydrogen-bond acceptors (Lipinski definition) is 3. The van der Waals surface area contributed by atoms with Gasteiger partial charge >= 0.3 is 0 Å². The van der Waals surface area contributed by atoms with Crippen LogP contribution in [0, 0.1) is 0 Å². The van der Waals surface area contributed by atoms with Crippen LogP contribution in [0.5, 0.6) is 5.75 Å². The van der Waals surface area contributed by atoms with E-state index in [-0.39, 0.29) is 0 Å². The Balaban J connectivity index is 1.99. The van der Waals surface area contributed by atoms with Gasteiger partial charge in [0.05, 0.1) is 7.11 Å². The molecule has 0 radical (unpaired) electrons. The van der Waals surface area contributed by atoms with Gasteiger partial charge in [0.1, 0.15) is 10.7 Å². The van der Waals surface area contributed by atoms with Crippen molar-refractivity contribution >= 4 is 38.8 Å². The van der Waals surface area contributed by atoms with E-state index in [0.717, 1.165) is 34.4 Å². The molecule has 0 unspecified atom stereocenters. The standard InChI is InChI=1S/C16H17BrN2OS/c1-20-13-5-2-11(3-6-13)8-9-19-15-10-12(17)4-7-14(15)16(18)21/h2-7,10,19H,8-9H2,1H3,(H2,18,21). The summed E-state index contributed by atoms with van der Waals surface area (Å²) >= 11 is 8.53. The number of benzene rings is 2. The van der Waals surface area contributed by atoms with Crippen LogP contribution in [0.25, 0.3) is 0 Å². The Morgan fingerprint density at radius 3 is 2.57 bits per heavy atom. The normalized spacial score (nSPS) is 10.2. The summed E-state index contributed by atoms with van der Waals surface area (Å²) in [6.07, 6.45) is 0.910. The lowest BCUT2D eigenvalue weighted by molar-refractivity contribution is 0.414. The van der Waals surface area contributed by atoms with Crippen molar-refractivity contribution in [2.75, 3.05) is 19.0 Å². The van der Waals surface area contributed by atoms with Crippen molar-refractivity contribution in [2.45, 2.75) is 6.42 Å². The van der Waals surface area contributed by atoms with Crippen LogP contribution in [-0.4, -0.2) is 18.6 Å². The summed E-state index contributed by atoms with van der Waals surface area (Å²) in [7, 11) is 1.67. The van der Waals surface area contributed by atoms with Crippen molar-refractivity contribution < 1.29 is 4.74 Å². The smallest absolute Gasteiger partial charge is 0.118 e. The van der Waals surface area contributed by atoms with E-state index in [4.69, 9.17) is 22.7 Å². The molecular weight excluding hydrogens is 348 g/mol. The highest BCUT2D eigenvalue weighted by atomic mass is 79.9. The van der Waals surface area contributed by atoms with E-state index in [2.05, 4.69) is 33.4 Å². The van der Waals surface area contributed by atoms with Crippen LogP contribution < -0.4 is 15.8 Å². The van der Waals surface area contributed by atoms with Gasteiger partial charge in [-0.25, -0.2) is 0 Å². The van der Waals surface area contributed by atoms with E-state index in [0.29, 0.717) is 4.99 Å². The molecule has 21 heavy (non-hydrogen) atoms. The summed E-state index contributed by atoms with van der Waals surface area (Å²) < 4.78 is 6.14. The SMILES string of the molecule is COc1ccc(CCNc2cc(Br)ccc2C(N)=S)cc1. The summed E-state index contributed by atoms with van der Waals surface area (Å²) in [5.74, 6) is 0.870. The third-order valence-corrected chi connectivity index (χ3v) is 3.85. The number of ether oxygens (including phenoxy) is 1. The lowest BCUT2D eigenvalue weighted by atomic mass is 10.1. The quantitative estimate of drug-likeness (QED) is 0.766. The molecule has 0 saturated heterocycles. The fraction of sp³-hybridized carbons (Fsp3) is 0.188. The Labute approximate surface area is 138 Å². The van der Waals surface area contributed by atoms with Gasteiger partial charge in [-0.15, -0.1) is 0 Å². The maximum Gasteiger partial charge on any atom is 0.118 e. The molecule has 2 rings (SSSR count). The van der Waals surface area contributed by atoms with E-state index < -0.39 is 0 Å².